The molecule has 1 N–H and O–H groups in total. The van der Waals surface area contributed by atoms with E-state index in [1.165, 1.54) is 0 Å². The first kappa shape index (κ1) is 16.8. The zero-order valence-corrected chi connectivity index (χ0v) is 14.7. The van der Waals surface area contributed by atoms with Crippen LogP contribution in [-0.2, 0) is 11.3 Å². The van der Waals surface area contributed by atoms with Crippen LogP contribution in [0, 0.1) is 5.92 Å². The van der Waals surface area contributed by atoms with Crippen LogP contribution in [0.15, 0.2) is 28.7 Å². The first-order valence-corrected chi connectivity index (χ1v) is 8.66. The van der Waals surface area contributed by atoms with Gasteiger partial charge in [0.05, 0.1) is 13.7 Å². The first-order chi connectivity index (χ1) is 11.6. The molecule has 130 valence electrons. The molecule has 0 spiro atoms. The summed E-state index contributed by atoms with van der Waals surface area (Å²) in [5.41, 5.74) is 0.801. The second kappa shape index (κ2) is 7.26. The Morgan fingerprint density at radius 1 is 1.46 bits per heavy atom. The Kier molecular flexibility index (Phi) is 5.09. The fourth-order valence-corrected chi connectivity index (χ4v) is 3.57. The highest BCUT2D eigenvalue weighted by atomic mass is 16.5. The van der Waals surface area contributed by atoms with Crippen LogP contribution in [-0.4, -0.2) is 37.0 Å². The number of hydrogen-bond acceptors (Lipinski definition) is 4. The second-order valence-corrected chi connectivity index (χ2v) is 6.50. The summed E-state index contributed by atoms with van der Waals surface area (Å²) in [5.74, 6) is 2.34. The SMILES string of the molecule is CC[C@@H]1CN(C(C)=O)CC[C@H]1NCc1cc2cccc(OC)c2o1. The summed E-state index contributed by atoms with van der Waals surface area (Å²) >= 11 is 0. The Balaban J connectivity index is 1.66. The summed E-state index contributed by atoms with van der Waals surface area (Å²) in [5, 5.41) is 4.68. The standard InChI is InChI=1S/C19H26N2O3/c1-4-14-12-21(13(2)22)9-8-17(14)20-11-16-10-15-6-5-7-18(23-3)19(15)24-16/h5-7,10,14,17,20H,4,8-9,11-12H2,1-3H3/t14-,17-/m1/s1. The van der Waals surface area contributed by atoms with Gasteiger partial charge in [0.15, 0.2) is 11.3 Å². The maximum Gasteiger partial charge on any atom is 0.219 e. The molecule has 2 heterocycles. The van der Waals surface area contributed by atoms with Crippen molar-refractivity contribution in [1.29, 1.82) is 0 Å². The number of benzene rings is 1. The van der Waals surface area contributed by atoms with Crippen molar-refractivity contribution in [3.63, 3.8) is 0 Å². The van der Waals surface area contributed by atoms with Crippen molar-refractivity contribution in [2.75, 3.05) is 20.2 Å². The summed E-state index contributed by atoms with van der Waals surface area (Å²) in [4.78, 5) is 13.5. The van der Waals surface area contributed by atoms with E-state index in [-0.39, 0.29) is 5.91 Å². The van der Waals surface area contributed by atoms with Gasteiger partial charge in [0.2, 0.25) is 5.91 Å². The Morgan fingerprint density at radius 3 is 3.00 bits per heavy atom. The van der Waals surface area contributed by atoms with Crippen LogP contribution in [0.5, 0.6) is 5.75 Å². The number of para-hydroxylation sites is 1. The van der Waals surface area contributed by atoms with E-state index in [1.807, 2.05) is 23.1 Å². The van der Waals surface area contributed by atoms with Gasteiger partial charge in [-0.15, -0.1) is 0 Å². The molecule has 5 nitrogen and oxygen atoms in total. The number of nitrogens with zero attached hydrogens (tertiary/aromatic N) is 1. The minimum absolute atomic E-state index is 0.177. The summed E-state index contributed by atoms with van der Waals surface area (Å²) in [6.07, 6.45) is 2.05. The number of likely N-dealkylation sites (tertiary alicyclic amines) is 1. The number of hydrogen-bond donors (Lipinski definition) is 1. The third-order valence-electron chi connectivity index (χ3n) is 5.02. The molecule has 1 saturated heterocycles. The highest BCUT2D eigenvalue weighted by molar-refractivity contribution is 5.83. The molecular formula is C19H26N2O3. The lowest BCUT2D eigenvalue weighted by atomic mass is 9.90. The van der Waals surface area contributed by atoms with Crippen LogP contribution in [0.2, 0.25) is 0 Å². The fraction of sp³-hybridized carbons (Fsp3) is 0.526. The Morgan fingerprint density at radius 2 is 2.29 bits per heavy atom. The van der Waals surface area contributed by atoms with Gasteiger partial charge in [0, 0.05) is 31.4 Å². The van der Waals surface area contributed by atoms with Gasteiger partial charge in [-0.1, -0.05) is 25.5 Å². The van der Waals surface area contributed by atoms with Gasteiger partial charge in [-0.3, -0.25) is 4.79 Å². The summed E-state index contributed by atoms with van der Waals surface area (Å²) in [6.45, 7) is 6.21. The number of rotatable bonds is 5. The van der Waals surface area contributed by atoms with E-state index in [1.54, 1.807) is 14.0 Å². The first-order valence-electron chi connectivity index (χ1n) is 8.66. The summed E-state index contributed by atoms with van der Waals surface area (Å²) in [7, 11) is 1.66. The van der Waals surface area contributed by atoms with E-state index in [9.17, 15) is 4.79 Å². The molecule has 0 bridgehead atoms. The number of carbonyl (C=O) groups is 1. The van der Waals surface area contributed by atoms with Crippen molar-refractivity contribution in [1.82, 2.24) is 10.2 Å². The molecule has 1 aromatic carbocycles. The number of amides is 1. The molecule has 24 heavy (non-hydrogen) atoms. The Hall–Kier alpha value is -2.01. The molecule has 1 fully saturated rings. The molecule has 2 atom stereocenters. The molecule has 2 aromatic rings. The number of methoxy groups -OCH3 is 1. The van der Waals surface area contributed by atoms with Gasteiger partial charge in [-0.2, -0.15) is 0 Å². The largest absolute Gasteiger partial charge is 0.493 e. The van der Waals surface area contributed by atoms with Gasteiger partial charge in [0.1, 0.15) is 5.76 Å². The third kappa shape index (κ3) is 3.41. The van der Waals surface area contributed by atoms with Crippen LogP contribution in [0.3, 0.4) is 0 Å². The van der Waals surface area contributed by atoms with E-state index >= 15 is 0 Å². The number of fused-ring (bicyclic) bond motifs is 1. The molecule has 0 radical (unpaired) electrons. The van der Waals surface area contributed by atoms with Gasteiger partial charge < -0.3 is 19.4 Å². The molecule has 3 rings (SSSR count). The molecule has 1 amide bonds. The van der Waals surface area contributed by atoms with Crippen molar-refractivity contribution < 1.29 is 13.9 Å². The molecule has 5 heteroatoms. The van der Waals surface area contributed by atoms with Crippen LogP contribution >= 0.6 is 0 Å². The van der Waals surface area contributed by atoms with Crippen molar-refractivity contribution in [3.8, 4) is 5.75 Å². The smallest absolute Gasteiger partial charge is 0.219 e. The van der Waals surface area contributed by atoms with Crippen molar-refractivity contribution in [2.45, 2.75) is 39.3 Å². The molecule has 0 unspecified atom stereocenters. The van der Waals surface area contributed by atoms with E-state index < -0.39 is 0 Å². The molecule has 0 saturated carbocycles. The van der Waals surface area contributed by atoms with Crippen molar-refractivity contribution in [2.24, 2.45) is 5.92 Å². The third-order valence-corrected chi connectivity index (χ3v) is 5.02. The monoisotopic (exact) mass is 330 g/mol. The van der Waals surface area contributed by atoms with Gasteiger partial charge in [0.25, 0.3) is 0 Å². The zero-order chi connectivity index (χ0) is 17.1. The van der Waals surface area contributed by atoms with Crippen molar-refractivity contribution >= 4 is 16.9 Å². The molecule has 1 aliphatic heterocycles. The number of piperidine rings is 1. The number of nitrogens with one attached hydrogen (secondary N) is 1. The zero-order valence-electron chi connectivity index (χ0n) is 14.7. The van der Waals surface area contributed by atoms with Gasteiger partial charge in [-0.25, -0.2) is 0 Å². The number of ether oxygens (including phenoxy) is 1. The quantitative estimate of drug-likeness (QED) is 0.915. The van der Waals surface area contributed by atoms with E-state index in [4.69, 9.17) is 9.15 Å². The summed E-state index contributed by atoms with van der Waals surface area (Å²) < 4.78 is 11.3. The Labute approximate surface area is 143 Å². The van der Waals surface area contributed by atoms with E-state index in [0.717, 1.165) is 48.4 Å². The van der Waals surface area contributed by atoms with Crippen molar-refractivity contribution in [3.05, 3.63) is 30.0 Å². The average molecular weight is 330 g/mol. The lowest BCUT2D eigenvalue weighted by Crippen LogP contribution is -2.50. The fourth-order valence-electron chi connectivity index (χ4n) is 3.57. The van der Waals surface area contributed by atoms with Crippen LogP contribution < -0.4 is 10.1 Å². The van der Waals surface area contributed by atoms with Crippen LogP contribution in [0.1, 0.15) is 32.4 Å². The topological polar surface area (TPSA) is 54.7 Å². The molecule has 1 aromatic heterocycles. The molecule has 1 aliphatic rings. The minimum atomic E-state index is 0.177. The predicted octanol–water partition coefficient (Wildman–Crippen LogP) is 3.18. The molecule has 0 aliphatic carbocycles. The summed E-state index contributed by atoms with van der Waals surface area (Å²) in [6, 6.07) is 8.40. The highest BCUT2D eigenvalue weighted by Crippen LogP contribution is 2.29. The minimum Gasteiger partial charge on any atom is -0.493 e. The average Bonchev–Trinajstić information content (AvgIpc) is 3.02. The lowest BCUT2D eigenvalue weighted by molar-refractivity contribution is -0.131. The predicted molar refractivity (Wildman–Crippen MR) is 94.0 cm³/mol. The number of furan rings is 1. The van der Waals surface area contributed by atoms with Gasteiger partial charge in [-0.05, 0) is 24.5 Å². The number of carbonyl (C=O) groups excluding carboxylic acids is 1. The second-order valence-electron chi connectivity index (χ2n) is 6.50. The maximum atomic E-state index is 11.6. The van der Waals surface area contributed by atoms with Crippen LogP contribution in [0.25, 0.3) is 11.0 Å². The molecular weight excluding hydrogens is 304 g/mol. The van der Waals surface area contributed by atoms with E-state index in [0.29, 0.717) is 18.5 Å². The lowest BCUT2D eigenvalue weighted by Gasteiger charge is -2.38. The highest BCUT2D eigenvalue weighted by Gasteiger charge is 2.28. The van der Waals surface area contributed by atoms with Crippen LogP contribution in [0.4, 0.5) is 0 Å². The van der Waals surface area contributed by atoms with Gasteiger partial charge >= 0.3 is 0 Å². The normalized spacial score (nSPS) is 21.2. The Bertz CT molecular complexity index is 710. The van der Waals surface area contributed by atoms with E-state index in [2.05, 4.69) is 18.3 Å². The maximum absolute atomic E-state index is 11.6.